The van der Waals surface area contributed by atoms with Crippen LogP contribution in [0.3, 0.4) is 0 Å². The van der Waals surface area contributed by atoms with Gasteiger partial charge in [0.05, 0.1) is 18.8 Å². The number of aliphatic hydroxyl groups is 1. The highest BCUT2D eigenvalue weighted by Crippen LogP contribution is 2.14. The first-order valence-corrected chi connectivity index (χ1v) is 7.58. The number of urea groups is 1. The zero-order chi connectivity index (χ0) is 14.9. The topological polar surface area (TPSA) is 70.6 Å². The summed E-state index contributed by atoms with van der Waals surface area (Å²) in [7, 11) is 0. The number of carbonyl (C=O) groups excluding carboxylic acids is 1. The number of hydrogen-bond acceptors (Lipinski definition) is 3. The second kappa shape index (κ2) is 8.64. The van der Waals surface area contributed by atoms with Crippen LogP contribution in [-0.2, 0) is 11.2 Å². The summed E-state index contributed by atoms with van der Waals surface area (Å²) in [6, 6.07) is 9.32. The number of aliphatic hydroxyl groups excluding tert-OH is 1. The van der Waals surface area contributed by atoms with Gasteiger partial charge < -0.3 is 20.5 Å². The van der Waals surface area contributed by atoms with Crippen LogP contribution in [0.5, 0.6) is 0 Å². The summed E-state index contributed by atoms with van der Waals surface area (Å²) in [5.41, 5.74) is 1.09. The van der Waals surface area contributed by atoms with Crippen LogP contribution in [0, 0.1) is 0 Å². The molecule has 1 aromatic carbocycles. The minimum atomic E-state index is -0.268. The van der Waals surface area contributed by atoms with Gasteiger partial charge in [-0.3, -0.25) is 0 Å². The van der Waals surface area contributed by atoms with Gasteiger partial charge in [0.1, 0.15) is 0 Å². The van der Waals surface area contributed by atoms with E-state index in [1.165, 1.54) is 0 Å². The SMILES string of the molecule is O=C(NCCC1CCCO1)NC(CO)Cc1ccccc1. The average Bonchev–Trinajstić information content (AvgIpc) is 3.01. The number of ether oxygens (including phenoxy) is 1. The van der Waals surface area contributed by atoms with Crippen LogP contribution >= 0.6 is 0 Å². The van der Waals surface area contributed by atoms with E-state index in [1.54, 1.807) is 0 Å². The van der Waals surface area contributed by atoms with Crippen LogP contribution < -0.4 is 10.6 Å². The molecule has 0 radical (unpaired) electrons. The van der Waals surface area contributed by atoms with Crippen molar-refractivity contribution in [1.82, 2.24) is 10.6 Å². The fourth-order valence-electron chi connectivity index (χ4n) is 2.51. The second-order valence-electron chi connectivity index (χ2n) is 5.39. The molecule has 1 saturated heterocycles. The fraction of sp³-hybridized carbons (Fsp3) is 0.562. The fourth-order valence-corrected chi connectivity index (χ4v) is 2.51. The van der Waals surface area contributed by atoms with Crippen molar-refractivity contribution in [3.8, 4) is 0 Å². The molecule has 21 heavy (non-hydrogen) atoms. The summed E-state index contributed by atoms with van der Waals surface area (Å²) in [5.74, 6) is 0. The molecule has 0 bridgehead atoms. The Kier molecular flexibility index (Phi) is 6.50. The Morgan fingerprint density at radius 3 is 2.86 bits per heavy atom. The normalized spacial score (nSPS) is 19.2. The molecule has 1 aromatic rings. The lowest BCUT2D eigenvalue weighted by Gasteiger charge is -2.17. The minimum Gasteiger partial charge on any atom is -0.394 e. The Balaban J connectivity index is 1.67. The van der Waals surface area contributed by atoms with Crippen molar-refractivity contribution in [3.05, 3.63) is 35.9 Å². The summed E-state index contributed by atoms with van der Waals surface area (Å²) in [6.07, 6.45) is 3.94. The molecule has 5 heteroatoms. The summed E-state index contributed by atoms with van der Waals surface area (Å²) in [5, 5.41) is 15.0. The van der Waals surface area contributed by atoms with Crippen molar-refractivity contribution in [3.63, 3.8) is 0 Å². The van der Waals surface area contributed by atoms with Crippen LogP contribution in [0.1, 0.15) is 24.8 Å². The molecule has 116 valence electrons. The Labute approximate surface area is 125 Å². The third-order valence-electron chi connectivity index (χ3n) is 3.66. The maximum Gasteiger partial charge on any atom is 0.315 e. The quantitative estimate of drug-likeness (QED) is 0.712. The molecule has 0 saturated carbocycles. The second-order valence-corrected chi connectivity index (χ2v) is 5.39. The molecule has 1 heterocycles. The molecule has 2 rings (SSSR count). The molecular weight excluding hydrogens is 268 g/mol. The van der Waals surface area contributed by atoms with E-state index >= 15 is 0 Å². The van der Waals surface area contributed by atoms with Crippen molar-refractivity contribution in [2.75, 3.05) is 19.8 Å². The number of nitrogens with one attached hydrogen (secondary N) is 2. The van der Waals surface area contributed by atoms with Crippen LogP contribution in [0.25, 0.3) is 0 Å². The van der Waals surface area contributed by atoms with Crippen LogP contribution in [-0.4, -0.2) is 43.0 Å². The van der Waals surface area contributed by atoms with Gasteiger partial charge in [-0.05, 0) is 31.2 Å². The van der Waals surface area contributed by atoms with Crippen molar-refractivity contribution in [2.45, 2.75) is 37.8 Å². The molecule has 2 amide bonds. The van der Waals surface area contributed by atoms with Gasteiger partial charge in [-0.15, -0.1) is 0 Å². The van der Waals surface area contributed by atoms with E-state index in [0.29, 0.717) is 13.0 Å². The lowest BCUT2D eigenvalue weighted by atomic mass is 10.1. The third-order valence-corrected chi connectivity index (χ3v) is 3.66. The van der Waals surface area contributed by atoms with Crippen molar-refractivity contribution in [1.29, 1.82) is 0 Å². The molecule has 5 nitrogen and oxygen atoms in total. The lowest BCUT2D eigenvalue weighted by Crippen LogP contribution is -2.45. The van der Waals surface area contributed by atoms with Gasteiger partial charge in [-0.2, -0.15) is 0 Å². The van der Waals surface area contributed by atoms with Gasteiger partial charge >= 0.3 is 6.03 Å². The highest BCUT2D eigenvalue weighted by Gasteiger charge is 2.16. The highest BCUT2D eigenvalue weighted by atomic mass is 16.5. The molecule has 1 aliphatic rings. The average molecular weight is 292 g/mol. The lowest BCUT2D eigenvalue weighted by molar-refractivity contribution is 0.104. The van der Waals surface area contributed by atoms with Crippen molar-refractivity contribution >= 4 is 6.03 Å². The first-order chi connectivity index (χ1) is 10.3. The van der Waals surface area contributed by atoms with E-state index in [0.717, 1.165) is 31.4 Å². The standard InChI is InChI=1S/C16H24N2O3/c19-12-14(11-13-5-2-1-3-6-13)18-16(20)17-9-8-15-7-4-10-21-15/h1-3,5-6,14-15,19H,4,7-12H2,(H2,17,18,20). The zero-order valence-corrected chi connectivity index (χ0v) is 12.3. The number of rotatable bonds is 7. The van der Waals surface area contributed by atoms with Gasteiger partial charge in [0.2, 0.25) is 0 Å². The van der Waals surface area contributed by atoms with Crippen molar-refractivity contribution in [2.24, 2.45) is 0 Å². The molecule has 3 N–H and O–H groups in total. The number of carbonyl (C=O) groups is 1. The van der Waals surface area contributed by atoms with Crippen LogP contribution in [0.4, 0.5) is 4.79 Å². The van der Waals surface area contributed by atoms with E-state index in [-0.39, 0.29) is 24.8 Å². The van der Waals surface area contributed by atoms with Crippen LogP contribution in [0.15, 0.2) is 30.3 Å². The van der Waals surface area contributed by atoms with E-state index < -0.39 is 0 Å². The summed E-state index contributed by atoms with van der Waals surface area (Å²) in [6.45, 7) is 1.36. The first-order valence-electron chi connectivity index (χ1n) is 7.58. The van der Waals surface area contributed by atoms with Crippen LogP contribution in [0.2, 0.25) is 0 Å². The summed E-state index contributed by atoms with van der Waals surface area (Å²) < 4.78 is 5.50. The van der Waals surface area contributed by atoms with E-state index in [4.69, 9.17) is 4.74 Å². The third kappa shape index (κ3) is 5.73. The first kappa shape index (κ1) is 15.8. The summed E-state index contributed by atoms with van der Waals surface area (Å²) >= 11 is 0. The molecule has 0 spiro atoms. The molecule has 1 fully saturated rings. The van der Waals surface area contributed by atoms with Gasteiger partial charge in [0.25, 0.3) is 0 Å². The Bertz CT molecular complexity index is 419. The predicted octanol–water partition coefficient (Wildman–Crippen LogP) is 1.46. The minimum absolute atomic E-state index is 0.0753. The largest absolute Gasteiger partial charge is 0.394 e. The summed E-state index contributed by atoms with van der Waals surface area (Å²) in [4.78, 5) is 11.8. The van der Waals surface area contributed by atoms with Gasteiger partial charge in [0, 0.05) is 13.2 Å². The Morgan fingerprint density at radius 1 is 1.38 bits per heavy atom. The molecule has 1 aliphatic heterocycles. The van der Waals surface area contributed by atoms with Crippen molar-refractivity contribution < 1.29 is 14.6 Å². The molecule has 2 unspecified atom stereocenters. The monoisotopic (exact) mass is 292 g/mol. The smallest absolute Gasteiger partial charge is 0.315 e. The maximum atomic E-state index is 11.8. The Hall–Kier alpha value is -1.59. The molecule has 2 atom stereocenters. The maximum absolute atomic E-state index is 11.8. The van der Waals surface area contributed by atoms with Gasteiger partial charge in [-0.25, -0.2) is 4.79 Å². The number of amides is 2. The zero-order valence-electron chi connectivity index (χ0n) is 12.3. The van der Waals surface area contributed by atoms with Gasteiger partial charge in [0.15, 0.2) is 0 Å². The molecule has 0 aromatic heterocycles. The van der Waals surface area contributed by atoms with E-state index in [2.05, 4.69) is 10.6 Å². The highest BCUT2D eigenvalue weighted by molar-refractivity contribution is 5.74. The number of hydrogen-bond donors (Lipinski definition) is 3. The van der Waals surface area contributed by atoms with Gasteiger partial charge in [-0.1, -0.05) is 30.3 Å². The Morgan fingerprint density at radius 2 is 2.19 bits per heavy atom. The number of benzene rings is 1. The van der Waals surface area contributed by atoms with E-state index in [9.17, 15) is 9.90 Å². The van der Waals surface area contributed by atoms with E-state index in [1.807, 2.05) is 30.3 Å². The predicted molar refractivity (Wildman–Crippen MR) is 81.1 cm³/mol. The molecular formula is C16H24N2O3. The molecule has 0 aliphatic carbocycles.